The van der Waals surface area contributed by atoms with Crippen LogP contribution in [0.2, 0.25) is 0 Å². The van der Waals surface area contributed by atoms with Crippen molar-refractivity contribution in [3.63, 3.8) is 0 Å². The Bertz CT molecular complexity index is 382. The van der Waals surface area contributed by atoms with Gasteiger partial charge in [0.1, 0.15) is 5.75 Å². The van der Waals surface area contributed by atoms with Gasteiger partial charge in [-0.15, -0.1) is 0 Å². The zero-order valence-electron chi connectivity index (χ0n) is 10.8. The molecule has 0 spiro atoms. The number of aliphatic hydroxyl groups excluding tert-OH is 1. The zero-order chi connectivity index (χ0) is 13.4. The summed E-state index contributed by atoms with van der Waals surface area (Å²) >= 11 is 0. The number of carbonyl (C=O) groups excluding carboxylic acids is 1. The van der Waals surface area contributed by atoms with E-state index in [9.17, 15) is 4.79 Å². The van der Waals surface area contributed by atoms with Crippen LogP contribution in [0.4, 0.5) is 5.69 Å². The van der Waals surface area contributed by atoms with E-state index in [4.69, 9.17) is 9.84 Å². The summed E-state index contributed by atoms with van der Waals surface area (Å²) in [5.74, 6) is 0.642. The van der Waals surface area contributed by atoms with Gasteiger partial charge in [-0.3, -0.25) is 4.79 Å². The van der Waals surface area contributed by atoms with Crippen molar-refractivity contribution in [1.82, 2.24) is 5.32 Å². The number of carbonyl (C=O) groups is 1. The molecule has 3 N–H and O–H groups in total. The third-order valence-corrected chi connectivity index (χ3v) is 2.47. The minimum absolute atomic E-state index is 0.112. The number of para-hydroxylation sites is 2. The van der Waals surface area contributed by atoms with Gasteiger partial charge in [0.25, 0.3) is 0 Å². The molecule has 5 heteroatoms. The molecule has 1 aromatic carbocycles. The van der Waals surface area contributed by atoms with Gasteiger partial charge in [0.2, 0.25) is 5.91 Å². The van der Waals surface area contributed by atoms with Crippen LogP contribution >= 0.6 is 0 Å². The molecule has 0 saturated carbocycles. The molecule has 0 aromatic heterocycles. The molecular weight excluding hydrogens is 232 g/mol. The van der Waals surface area contributed by atoms with Crippen molar-refractivity contribution in [1.29, 1.82) is 0 Å². The summed E-state index contributed by atoms with van der Waals surface area (Å²) in [4.78, 5) is 11.7. The molecule has 0 aliphatic rings. The Labute approximate surface area is 107 Å². The number of anilines is 1. The van der Waals surface area contributed by atoms with Crippen LogP contribution in [-0.4, -0.2) is 37.8 Å². The maximum Gasteiger partial charge on any atom is 0.238 e. The molecular formula is C13H20N2O3. The van der Waals surface area contributed by atoms with Gasteiger partial charge in [0, 0.05) is 13.2 Å². The van der Waals surface area contributed by atoms with Crippen molar-refractivity contribution in [3.05, 3.63) is 24.3 Å². The first-order valence-electron chi connectivity index (χ1n) is 5.91. The van der Waals surface area contributed by atoms with Crippen LogP contribution in [0.15, 0.2) is 24.3 Å². The fourth-order valence-corrected chi connectivity index (χ4v) is 1.44. The van der Waals surface area contributed by atoms with Gasteiger partial charge in [-0.2, -0.15) is 0 Å². The smallest absolute Gasteiger partial charge is 0.238 e. The van der Waals surface area contributed by atoms with E-state index < -0.39 is 0 Å². The molecule has 1 atom stereocenters. The average molecular weight is 252 g/mol. The van der Waals surface area contributed by atoms with Crippen LogP contribution in [0.1, 0.15) is 6.92 Å². The lowest BCUT2D eigenvalue weighted by molar-refractivity contribution is -0.115. The van der Waals surface area contributed by atoms with E-state index in [1.165, 1.54) is 0 Å². The fourth-order valence-electron chi connectivity index (χ4n) is 1.44. The molecule has 0 heterocycles. The second kappa shape index (κ2) is 7.68. The monoisotopic (exact) mass is 252 g/mol. The molecule has 1 aromatic rings. The summed E-state index contributed by atoms with van der Waals surface area (Å²) in [7, 11) is 1.56. The van der Waals surface area contributed by atoms with E-state index in [0.717, 1.165) is 0 Å². The lowest BCUT2D eigenvalue weighted by Crippen LogP contribution is -2.32. The molecule has 0 saturated heterocycles. The first-order valence-corrected chi connectivity index (χ1v) is 5.91. The number of nitrogens with one attached hydrogen (secondary N) is 2. The van der Waals surface area contributed by atoms with Gasteiger partial charge in [0.05, 0.1) is 19.3 Å². The van der Waals surface area contributed by atoms with Crippen molar-refractivity contribution in [3.8, 4) is 5.75 Å². The minimum Gasteiger partial charge on any atom is -0.495 e. The van der Waals surface area contributed by atoms with Crippen LogP contribution < -0.4 is 15.4 Å². The Hall–Kier alpha value is -1.59. The summed E-state index contributed by atoms with van der Waals surface area (Å²) in [5, 5.41) is 14.6. The van der Waals surface area contributed by atoms with Crippen molar-refractivity contribution >= 4 is 11.6 Å². The quantitative estimate of drug-likeness (QED) is 0.673. The van der Waals surface area contributed by atoms with Gasteiger partial charge in [-0.05, 0) is 18.1 Å². The molecule has 1 rings (SSSR count). The molecule has 0 fully saturated rings. The van der Waals surface area contributed by atoms with Gasteiger partial charge in [-0.25, -0.2) is 0 Å². The number of rotatable bonds is 7. The standard InChI is InChI=1S/C13H20N2O3/c1-10(9-16)7-14-8-13(17)15-11-5-3-4-6-12(11)18-2/h3-6,10,14,16H,7-9H2,1-2H3,(H,15,17). The Kier molecular flexibility index (Phi) is 6.18. The topological polar surface area (TPSA) is 70.6 Å². The molecule has 1 amide bonds. The number of aliphatic hydroxyl groups is 1. The van der Waals surface area contributed by atoms with E-state index >= 15 is 0 Å². The lowest BCUT2D eigenvalue weighted by atomic mass is 10.2. The number of hydrogen-bond donors (Lipinski definition) is 3. The number of benzene rings is 1. The van der Waals surface area contributed by atoms with Gasteiger partial charge < -0.3 is 20.5 Å². The highest BCUT2D eigenvalue weighted by molar-refractivity contribution is 5.93. The summed E-state index contributed by atoms with van der Waals surface area (Å²) in [6.07, 6.45) is 0. The summed E-state index contributed by atoms with van der Waals surface area (Å²) < 4.78 is 5.14. The predicted molar refractivity (Wildman–Crippen MR) is 70.7 cm³/mol. The molecule has 0 bridgehead atoms. The van der Waals surface area contributed by atoms with Crippen molar-refractivity contribution in [2.45, 2.75) is 6.92 Å². The third kappa shape index (κ3) is 4.73. The number of methoxy groups -OCH3 is 1. The maximum atomic E-state index is 11.7. The number of hydrogen-bond acceptors (Lipinski definition) is 4. The Balaban J connectivity index is 2.40. The van der Waals surface area contributed by atoms with Crippen molar-refractivity contribution in [2.75, 3.05) is 32.1 Å². The van der Waals surface area contributed by atoms with E-state index in [0.29, 0.717) is 18.0 Å². The minimum atomic E-state index is -0.135. The molecule has 0 radical (unpaired) electrons. The van der Waals surface area contributed by atoms with Crippen molar-refractivity contribution < 1.29 is 14.6 Å². The van der Waals surface area contributed by atoms with Gasteiger partial charge in [-0.1, -0.05) is 19.1 Å². The molecule has 0 aliphatic heterocycles. The van der Waals surface area contributed by atoms with Crippen LogP contribution in [0.3, 0.4) is 0 Å². The Morgan fingerprint density at radius 2 is 2.17 bits per heavy atom. The fraction of sp³-hybridized carbons (Fsp3) is 0.462. The molecule has 100 valence electrons. The van der Waals surface area contributed by atoms with Gasteiger partial charge in [0.15, 0.2) is 0 Å². The van der Waals surface area contributed by atoms with E-state index in [1.54, 1.807) is 19.2 Å². The SMILES string of the molecule is COc1ccccc1NC(=O)CNCC(C)CO. The maximum absolute atomic E-state index is 11.7. The normalized spacial score (nSPS) is 11.9. The Morgan fingerprint density at radius 3 is 2.83 bits per heavy atom. The van der Waals surface area contributed by atoms with Crippen molar-refractivity contribution in [2.24, 2.45) is 5.92 Å². The molecule has 1 unspecified atom stereocenters. The van der Waals surface area contributed by atoms with Crippen LogP contribution in [-0.2, 0) is 4.79 Å². The highest BCUT2D eigenvalue weighted by Crippen LogP contribution is 2.22. The zero-order valence-corrected chi connectivity index (χ0v) is 10.8. The van der Waals surface area contributed by atoms with Crippen LogP contribution in [0.25, 0.3) is 0 Å². The summed E-state index contributed by atoms with van der Waals surface area (Å²) in [6.45, 7) is 2.84. The van der Waals surface area contributed by atoms with E-state index in [2.05, 4.69) is 10.6 Å². The lowest BCUT2D eigenvalue weighted by Gasteiger charge is -2.11. The second-order valence-electron chi connectivity index (χ2n) is 4.17. The second-order valence-corrected chi connectivity index (χ2v) is 4.17. The molecule has 5 nitrogen and oxygen atoms in total. The highest BCUT2D eigenvalue weighted by atomic mass is 16.5. The Morgan fingerprint density at radius 1 is 1.44 bits per heavy atom. The average Bonchev–Trinajstić information content (AvgIpc) is 2.39. The molecule has 18 heavy (non-hydrogen) atoms. The number of amides is 1. The summed E-state index contributed by atoms with van der Waals surface area (Å²) in [6, 6.07) is 7.25. The third-order valence-electron chi connectivity index (χ3n) is 2.47. The predicted octanol–water partition coefficient (Wildman–Crippen LogP) is 0.852. The van der Waals surface area contributed by atoms with E-state index in [1.807, 2.05) is 19.1 Å². The van der Waals surface area contributed by atoms with Gasteiger partial charge >= 0.3 is 0 Å². The van der Waals surface area contributed by atoms with Crippen LogP contribution in [0.5, 0.6) is 5.75 Å². The summed E-state index contributed by atoms with van der Waals surface area (Å²) in [5.41, 5.74) is 0.655. The van der Waals surface area contributed by atoms with Crippen LogP contribution in [0, 0.1) is 5.92 Å². The van der Waals surface area contributed by atoms with E-state index in [-0.39, 0.29) is 25.0 Å². The first kappa shape index (κ1) is 14.5. The largest absolute Gasteiger partial charge is 0.495 e. The first-order chi connectivity index (χ1) is 8.67. The highest BCUT2D eigenvalue weighted by Gasteiger charge is 2.07. The molecule has 0 aliphatic carbocycles. The number of ether oxygens (including phenoxy) is 1.